The fraction of sp³-hybridized carbons (Fsp3) is 0.385. The van der Waals surface area contributed by atoms with Crippen molar-refractivity contribution in [2.24, 2.45) is 12.8 Å². The Labute approximate surface area is 114 Å². The van der Waals surface area contributed by atoms with E-state index in [4.69, 9.17) is 5.73 Å². The van der Waals surface area contributed by atoms with Gasteiger partial charge in [0.15, 0.2) is 0 Å². The Balaban J connectivity index is 1.97. The molecule has 4 nitrogen and oxygen atoms in total. The number of nitrogens with zero attached hydrogens (tertiary/aromatic N) is 3. The summed E-state index contributed by atoms with van der Waals surface area (Å²) in [5.74, 6) is 0. The number of alkyl halides is 3. The molecule has 20 heavy (non-hydrogen) atoms. The maximum atomic E-state index is 12.4. The van der Waals surface area contributed by atoms with Crippen LogP contribution in [0.25, 0.3) is 0 Å². The Hall–Kier alpha value is -1.89. The van der Waals surface area contributed by atoms with Gasteiger partial charge in [0.25, 0.3) is 0 Å². The van der Waals surface area contributed by atoms with E-state index in [1.807, 2.05) is 13.2 Å². The van der Waals surface area contributed by atoms with Gasteiger partial charge in [-0.1, -0.05) is 0 Å². The molecule has 0 aliphatic heterocycles. The van der Waals surface area contributed by atoms with Gasteiger partial charge in [0.05, 0.1) is 17.5 Å². The van der Waals surface area contributed by atoms with Crippen molar-refractivity contribution in [3.8, 4) is 0 Å². The molecular formula is C13H15F3N4. The number of rotatable bonds is 4. The molecule has 2 rings (SSSR count). The van der Waals surface area contributed by atoms with Crippen molar-refractivity contribution in [1.29, 1.82) is 0 Å². The van der Waals surface area contributed by atoms with Crippen molar-refractivity contribution in [3.63, 3.8) is 0 Å². The number of aryl methyl sites for hydroxylation is 2. The Morgan fingerprint density at radius 1 is 1.30 bits per heavy atom. The summed E-state index contributed by atoms with van der Waals surface area (Å²) < 4.78 is 38.9. The second-order valence-corrected chi connectivity index (χ2v) is 4.64. The van der Waals surface area contributed by atoms with Gasteiger partial charge in [-0.05, 0) is 30.5 Å². The van der Waals surface area contributed by atoms with Crippen molar-refractivity contribution in [1.82, 2.24) is 14.8 Å². The van der Waals surface area contributed by atoms with Crippen LogP contribution in [0.4, 0.5) is 13.2 Å². The van der Waals surface area contributed by atoms with Crippen molar-refractivity contribution in [3.05, 3.63) is 47.5 Å². The summed E-state index contributed by atoms with van der Waals surface area (Å²) >= 11 is 0. The van der Waals surface area contributed by atoms with E-state index in [2.05, 4.69) is 10.1 Å². The predicted molar refractivity (Wildman–Crippen MR) is 67.7 cm³/mol. The maximum absolute atomic E-state index is 12.4. The molecule has 7 heteroatoms. The van der Waals surface area contributed by atoms with Crippen LogP contribution in [0.15, 0.2) is 30.7 Å². The molecule has 0 saturated carbocycles. The lowest BCUT2D eigenvalue weighted by atomic mass is 10.0. The quantitative estimate of drug-likeness (QED) is 0.938. The minimum atomic E-state index is -4.37. The van der Waals surface area contributed by atoms with Gasteiger partial charge in [0, 0.05) is 25.5 Å². The van der Waals surface area contributed by atoms with Crippen molar-refractivity contribution in [2.75, 3.05) is 0 Å². The van der Waals surface area contributed by atoms with E-state index in [0.717, 1.165) is 17.8 Å². The van der Waals surface area contributed by atoms with Crippen LogP contribution in [-0.4, -0.2) is 14.8 Å². The van der Waals surface area contributed by atoms with Crippen LogP contribution in [0.5, 0.6) is 0 Å². The largest absolute Gasteiger partial charge is 0.417 e. The fourth-order valence-electron chi connectivity index (χ4n) is 1.86. The molecule has 108 valence electrons. The lowest BCUT2D eigenvalue weighted by molar-refractivity contribution is -0.137. The van der Waals surface area contributed by atoms with Gasteiger partial charge in [-0.25, -0.2) is 0 Å². The molecule has 2 aromatic heterocycles. The molecule has 2 aromatic rings. The monoisotopic (exact) mass is 284 g/mol. The first-order valence-corrected chi connectivity index (χ1v) is 6.12. The summed E-state index contributed by atoms with van der Waals surface area (Å²) in [6.07, 6.45) is 1.38. The third kappa shape index (κ3) is 3.57. The summed E-state index contributed by atoms with van der Waals surface area (Å²) in [5.41, 5.74) is 6.67. The van der Waals surface area contributed by atoms with Crippen molar-refractivity contribution < 1.29 is 13.2 Å². The van der Waals surface area contributed by atoms with Gasteiger partial charge in [-0.15, -0.1) is 0 Å². The Morgan fingerprint density at radius 2 is 2.05 bits per heavy atom. The number of pyridine rings is 1. The minimum absolute atomic E-state index is 0.391. The molecule has 1 atom stereocenters. The van der Waals surface area contributed by atoms with E-state index >= 15 is 0 Å². The number of halogens is 3. The molecule has 0 aliphatic rings. The molecule has 2 N–H and O–H groups in total. The third-order valence-electron chi connectivity index (χ3n) is 3.00. The molecule has 0 radical (unpaired) electrons. The van der Waals surface area contributed by atoms with Gasteiger partial charge in [0.2, 0.25) is 0 Å². The summed E-state index contributed by atoms with van der Waals surface area (Å²) in [6.45, 7) is 0. The molecule has 0 saturated heterocycles. The van der Waals surface area contributed by atoms with E-state index in [1.165, 1.54) is 6.07 Å². The summed E-state index contributed by atoms with van der Waals surface area (Å²) in [7, 11) is 1.82. The third-order valence-corrected chi connectivity index (χ3v) is 3.00. The van der Waals surface area contributed by atoms with Crippen LogP contribution in [0.3, 0.4) is 0 Å². The highest BCUT2D eigenvalue weighted by atomic mass is 19.4. The van der Waals surface area contributed by atoms with Crippen LogP contribution in [0.2, 0.25) is 0 Å². The van der Waals surface area contributed by atoms with Crippen LogP contribution >= 0.6 is 0 Å². The molecule has 0 amide bonds. The Kier molecular flexibility index (Phi) is 4.08. The second-order valence-electron chi connectivity index (χ2n) is 4.64. The summed E-state index contributed by atoms with van der Waals surface area (Å²) in [5, 5.41) is 4.04. The van der Waals surface area contributed by atoms with Gasteiger partial charge in [-0.2, -0.15) is 18.3 Å². The molecule has 2 heterocycles. The SMILES string of the molecule is Cn1cc(CCC(N)c2ccc(C(F)(F)F)cn2)cn1. The second kappa shape index (κ2) is 5.62. The first-order chi connectivity index (χ1) is 9.36. The number of aromatic nitrogens is 3. The van der Waals surface area contributed by atoms with E-state index in [-0.39, 0.29) is 0 Å². The van der Waals surface area contributed by atoms with Gasteiger partial charge >= 0.3 is 6.18 Å². The van der Waals surface area contributed by atoms with E-state index in [9.17, 15) is 13.2 Å². The average Bonchev–Trinajstić information content (AvgIpc) is 2.81. The number of nitrogens with two attached hydrogens (primary N) is 1. The van der Waals surface area contributed by atoms with Crippen LogP contribution < -0.4 is 5.73 Å². The lowest BCUT2D eigenvalue weighted by Gasteiger charge is -2.12. The highest BCUT2D eigenvalue weighted by Gasteiger charge is 2.30. The van der Waals surface area contributed by atoms with Crippen LogP contribution in [0, 0.1) is 0 Å². The van der Waals surface area contributed by atoms with Crippen molar-refractivity contribution >= 4 is 0 Å². The van der Waals surface area contributed by atoms with Crippen molar-refractivity contribution in [2.45, 2.75) is 25.1 Å². The topological polar surface area (TPSA) is 56.7 Å². The van der Waals surface area contributed by atoms with E-state index in [1.54, 1.807) is 10.9 Å². The number of hydrogen-bond donors (Lipinski definition) is 1. The van der Waals surface area contributed by atoms with E-state index in [0.29, 0.717) is 18.5 Å². The summed E-state index contributed by atoms with van der Waals surface area (Å²) in [6, 6.07) is 1.95. The predicted octanol–water partition coefficient (Wildman–Crippen LogP) is 2.47. The van der Waals surface area contributed by atoms with Crippen LogP contribution in [0.1, 0.15) is 29.3 Å². The molecule has 0 aliphatic carbocycles. The number of hydrogen-bond acceptors (Lipinski definition) is 3. The first kappa shape index (κ1) is 14.5. The molecular weight excluding hydrogens is 269 g/mol. The Bertz CT molecular complexity index is 560. The van der Waals surface area contributed by atoms with Gasteiger partial charge in [-0.3, -0.25) is 9.67 Å². The van der Waals surface area contributed by atoms with Crippen LogP contribution in [-0.2, 0) is 19.6 Å². The van der Waals surface area contributed by atoms with E-state index < -0.39 is 17.8 Å². The molecule has 1 unspecified atom stereocenters. The molecule has 0 aromatic carbocycles. The highest BCUT2D eigenvalue weighted by molar-refractivity contribution is 5.19. The zero-order chi connectivity index (χ0) is 14.8. The smallest absolute Gasteiger partial charge is 0.323 e. The normalized spacial score (nSPS) is 13.4. The lowest BCUT2D eigenvalue weighted by Crippen LogP contribution is -2.14. The molecule has 0 bridgehead atoms. The molecule has 0 spiro atoms. The molecule has 0 fully saturated rings. The first-order valence-electron chi connectivity index (χ1n) is 6.12. The van der Waals surface area contributed by atoms with Gasteiger partial charge in [0.1, 0.15) is 0 Å². The average molecular weight is 284 g/mol. The zero-order valence-corrected chi connectivity index (χ0v) is 10.9. The maximum Gasteiger partial charge on any atom is 0.417 e. The summed E-state index contributed by atoms with van der Waals surface area (Å²) in [4.78, 5) is 3.80. The zero-order valence-electron chi connectivity index (χ0n) is 10.9. The highest BCUT2D eigenvalue weighted by Crippen LogP contribution is 2.29. The Morgan fingerprint density at radius 3 is 2.55 bits per heavy atom. The fourth-order valence-corrected chi connectivity index (χ4v) is 1.86. The standard InChI is InChI=1S/C13H15F3N4/c1-20-8-9(6-19-20)2-4-11(17)12-5-3-10(7-18-12)13(14,15)16/h3,5-8,11H,2,4,17H2,1H3. The minimum Gasteiger partial charge on any atom is -0.323 e. The van der Waals surface area contributed by atoms with Gasteiger partial charge < -0.3 is 5.73 Å².